The molecule has 3 unspecified atom stereocenters. The lowest BCUT2D eigenvalue weighted by molar-refractivity contribution is -0.961. The fourth-order valence-corrected chi connectivity index (χ4v) is 13.2. The Balaban J connectivity index is 1.69. The molecule has 2 aliphatic rings. The predicted octanol–water partition coefficient (Wildman–Crippen LogP) is 7.37. The number of amides is 1. The molecule has 9 heteroatoms. The van der Waals surface area contributed by atoms with Crippen molar-refractivity contribution < 1.29 is 37.7 Å². The number of fused-ring (bicyclic) bond motifs is 1. The van der Waals surface area contributed by atoms with E-state index in [9.17, 15) is 9.59 Å². The summed E-state index contributed by atoms with van der Waals surface area (Å²) < 4.78 is 26.0. The summed E-state index contributed by atoms with van der Waals surface area (Å²) in [5.41, 5.74) is 2.47. The number of carbonyl (C=O) groups excluding carboxylic acids is 2. The number of piperidine rings is 1. The van der Waals surface area contributed by atoms with E-state index in [0.717, 1.165) is 11.1 Å². The Morgan fingerprint density at radius 1 is 0.804 bits per heavy atom. The van der Waals surface area contributed by atoms with E-state index in [2.05, 4.69) is 41.5 Å². The number of hydroxylamine groups is 3. The lowest BCUT2D eigenvalue weighted by Gasteiger charge is -2.42. The molecule has 2 fully saturated rings. The van der Waals surface area contributed by atoms with Crippen LogP contribution in [0.25, 0.3) is 0 Å². The summed E-state index contributed by atoms with van der Waals surface area (Å²) in [7, 11) is -0.562. The number of hydrogen-bond donors (Lipinski definition) is 0. The molecule has 2 aliphatic heterocycles. The van der Waals surface area contributed by atoms with E-state index in [0.29, 0.717) is 36.3 Å². The van der Waals surface area contributed by atoms with Gasteiger partial charge in [-0.15, -0.1) is 0 Å². The largest absolute Gasteiger partial charge is 0.444 e. The molecule has 0 aromatic heterocycles. The first kappa shape index (κ1) is 36.4. The van der Waals surface area contributed by atoms with Gasteiger partial charge in [-0.05, 0) is 48.5 Å². The van der Waals surface area contributed by atoms with Gasteiger partial charge in [-0.25, -0.2) is 4.79 Å². The first-order valence-corrected chi connectivity index (χ1v) is 19.0. The van der Waals surface area contributed by atoms with E-state index in [4.69, 9.17) is 23.5 Å². The first-order chi connectivity index (χ1) is 21.7. The van der Waals surface area contributed by atoms with Crippen molar-refractivity contribution >= 4 is 20.2 Å². The third-order valence-corrected chi connectivity index (χ3v) is 16.1. The molecule has 1 amide bonds. The van der Waals surface area contributed by atoms with Crippen molar-refractivity contribution in [1.82, 2.24) is 0 Å². The quantitative estimate of drug-likeness (QED) is 0.0859. The fourth-order valence-electron chi connectivity index (χ4n) is 7.74. The molecule has 0 radical (unpaired) electrons. The number of ether oxygens (including phenoxy) is 3. The highest BCUT2D eigenvalue weighted by atomic mass is 28.4. The second-order valence-corrected chi connectivity index (χ2v) is 20.3. The average Bonchev–Trinajstić information content (AvgIpc) is 3.67. The van der Waals surface area contributed by atoms with Gasteiger partial charge in [0.05, 0.1) is 25.7 Å². The third kappa shape index (κ3) is 7.20. The maximum Gasteiger partial charge on any atom is 0.390 e. The zero-order valence-corrected chi connectivity index (χ0v) is 30.5. The Hall–Kier alpha value is -2.40. The van der Waals surface area contributed by atoms with E-state index in [1.807, 2.05) is 60.7 Å². The highest BCUT2D eigenvalue weighted by Crippen LogP contribution is 2.53. The van der Waals surface area contributed by atoms with Crippen LogP contribution in [-0.2, 0) is 46.3 Å². The number of esters is 1. The Morgan fingerprint density at radius 3 is 1.72 bits per heavy atom. The van der Waals surface area contributed by atoms with E-state index in [-0.39, 0.29) is 29.2 Å². The second kappa shape index (κ2) is 14.8. The summed E-state index contributed by atoms with van der Waals surface area (Å²) in [6.07, 6.45) is -1.99. The van der Waals surface area contributed by atoms with Gasteiger partial charge in [-0.1, -0.05) is 107 Å². The molecule has 0 bridgehead atoms. The lowest BCUT2D eigenvalue weighted by Crippen LogP contribution is -2.62. The van der Waals surface area contributed by atoms with Crippen molar-refractivity contribution in [3.63, 3.8) is 0 Å². The molecule has 254 valence electrons. The molecule has 2 aromatic carbocycles. The van der Waals surface area contributed by atoms with E-state index < -0.39 is 38.0 Å². The van der Waals surface area contributed by atoms with E-state index in [1.165, 1.54) is 0 Å². The highest BCUT2D eigenvalue weighted by molar-refractivity contribution is 6.77. The second-order valence-electron chi connectivity index (χ2n) is 14.8. The van der Waals surface area contributed by atoms with Crippen molar-refractivity contribution in [3.05, 3.63) is 71.8 Å². The molecule has 0 aliphatic carbocycles. The van der Waals surface area contributed by atoms with Gasteiger partial charge in [0.15, 0.2) is 14.4 Å². The zero-order chi connectivity index (χ0) is 33.9. The van der Waals surface area contributed by atoms with Gasteiger partial charge < -0.3 is 18.6 Å². The number of carbonyl (C=O) groups is 2. The molecule has 2 heterocycles. The molecule has 6 atom stereocenters. The number of benzene rings is 2. The summed E-state index contributed by atoms with van der Waals surface area (Å²) in [6, 6.07) is 19.2. The molecular weight excluding hydrogens is 598 g/mol. The van der Waals surface area contributed by atoms with Gasteiger partial charge in [0.2, 0.25) is 12.1 Å². The van der Waals surface area contributed by atoms with Crippen LogP contribution in [0.2, 0.25) is 16.6 Å². The fraction of sp³-hybridized carbons (Fsp3) is 0.622. The summed E-state index contributed by atoms with van der Waals surface area (Å²) in [6.45, 7) is 20.1. The van der Waals surface area contributed by atoms with Crippen molar-refractivity contribution in [2.75, 3.05) is 13.7 Å². The monoisotopic (exact) mass is 654 g/mol. The number of rotatable bonds is 15. The maximum atomic E-state index is 14.5. The van der Waals surface area contributed by atoms with Gasteiger partial charge in [0, 0.05) is 13.0 Å². The van der Waals surface area contributed by atoms with Gasteiger partial charge in [-0.3, -0.25) is 4.79 Å². The Morgan fingerprint density at radius 2 is 1.28 bits per heavy atom. The van der Waals surface area contributed by atoms with Crippen LogP contribution in [0.1, 0.15) is 79.9 Å². The predicted molar refractivity (Wildman–Crippen MR) is 181 cm³/mol. The SMILES string of the molecule is CO[N+]12C(=O)[C@H](OC(=O)C(C)(C)C)[C@@H](OCc3ccccc3)[C@H](OCc3ccccc3)C1C2CCO[Si](C(C)C)(C(C)C)C(C)C. The minimum absolute atomic E-state index is 0.224. The van der Waals surface area contributed by atoms with Crippen molar-refractivity contribution in [1.29, 1.82) is 0 Å². The Kier molecular flexibility index (Phi) is 11.7. The standard InChI is InChI=1S/C37H56NO7Si/c1-25(2)46(26(3)4,27(5)6)44-22-21-30-31-32(42-23-28-17-13-11-14-18-28)33(43-24-29-19-15-12-16-20-29)34(35(39)38(30,31)41-10)45-36(40)37(7,8)9/h11-20,25-27,30-34H,21-24H2,1-10H3/q+1/t30?,31?,32-,33+,34-,38?/m1/s1. The van der Waals surface area contributed by atoms with Crippen LogP contribution in [0.3, 0.4) is 0 Å². The van der Waals surface area contributed by atoms with Gasteiger partial charge >= 0.3 is 11.9 Å². The topological polar surface area (TPSA) is 80.3 Å². The third-order valence-electron chi connectivity index (χ3n) is 9.98. The minimum atomic E-state index is -2.12. The number of hydrogen-bond acceptors (Lipinski definition) is 7. The van der Waals surface area contributed by atoms with Crippen LogP contribution in [0.5, 0.6) is 0 Å². The van der Waals surface area contributed by atoms with E-state index in [1.54, 1.807) is 27.9 Å². The normalized spacial score (nSPS) is 26.5. The molecule has 2 saturated heterocycles. The molecule has 8 nitrogen and oxygen atoms in total. The van der Waals surface area contributed by atoms with Crippen molar-refractivity contribution in [2.45, 2.75) is 129 Å². The lowest BCUT2D eigenvalue weighted by atomic mass is 9.95. The van der Waals surface area contributed by atoms with Gasteiger partial charge in [0.25, 0.3) is 0 Å². The van der Waals surface area contributed by atoms with Crippen molar-refractivity contribution in [2.24, 2.45) is 5.41 Å². The minimum Gasteiger partial charge on any atom is -0.444 e. The summed E-state index contributed by atoms with van der Waals surface area (Å²) >= 11 is 0. The molecular formula is C37H56NO7Si+. The van der Waals surface area contributed by atoms with Crippen LogP contribution in [0.4, 0.5) is 0 Å². The molecule has 2 aromatic rings. The van der Waals surface area contributed by atoms with Crippen LogP contribution in [0, 0.1) is 5.41 Å². The summed E-state index contributed by atoms with van der Waals surface area (Å²) in [4.78, 5) is 34.0. The van der Waals surface area contributed by atoms with Crippen molar-refractivity contribution in [3.8, 4) is 0 Å². The maximum absolute atomic E-state index is 14.5. The number of nitrogens with zero attached hydrogens (tertiary/aromatic N) is 1. The van der Waals surface area contributed by atoms with Gasteiger partial charge in [-0.2, -0.15) is 4.84 Å². The van der Waals surface area contributed by atoms with Crippen LogP contribution < -0.4 is 0 Å². The molecule has 46 heavy (non-hydrogen) atoms. The van der Waals surface area contributed by atoms with Gasteiger partial charge in [0.1, 0.15) is 12.2 Å². The Labute approximate surface area is 277 Å². The smallest absolute Gasteiger partial charge is 0.390 e. The Bertz CT molecular complexity index is 1270. The average molecular weight is 655 g/mol. The molecule has 0 N–H and O–H groups in total. The van der Waals surface area contributed by atoms with Crippen LogP contribution in [0.15, 0.2) is 60.7 Å². The molecule has 0 spiro atoms. The summed E-state index contributed by atoms with van der Waals surface area (Å²) in [5.74, 6) is -0.787. The van der Waals surface area contributed by atoms with Crippen LogP contribution in [-0.4, -0.2) is 69.0 Å². The molecule has 0 saturated carbocycles. The van der Waals surface area contributed by atoms with E-state index >= 15 is 0 Å². The highest BCUT2D eigenvalue weighted by Gasteiger charge is 2.83. The first-order valence-electron chi connectivity index (χ1n) is 16.9. The van der Waals surface area contributed by atoms with Crippen LogP contribution >= 0.6 is 0 Å². The summed E-state index contributed by atoms with van der Waals surface area (Å²) in [5, 5.41) is 0. The zero-order valence-electron chi connectivity index (χ0n) is 29.5. The molecule has 4 rings (SSSR count). The number of quaternary nitrogens is 1.